The standard InChI is InChI=1S/C16H15ClN2OS2/c17-13-5-3-12(4-6-13)11-22-16-18-7-8-19(16)15(20)10-14-2-1-9-21-14/h1-6,9H,7-8,10-11H2. The number of amidine groups is 1. The van der Waals surface area contributed by atoms with Gasteiger partial charge in [0.2, 0.25) is 5.91 Å². The molecule has 0 aliphatic carbocycles. The lowest BCUT2D eigenvalue weighted by molar-refractivity contribution is -0.126. The largest absolute Gasteiger partial charge is 0.289 e. The lowest BCUT2D eigenvalue weighted by Crippen LogP contribution is -2.33. The van der Waals surface area contributed by atoms with Gasteiger partial charge in [0.25, 0.3) is 0 Å². The van der Waals surface area contributed by atoms with Gasteiger partial charge in [-0.3, -0.25) is 14.7 Å². The van der Waals surface area contributed by atoms with Crippen LogP contribution in [0.3, 0.4) is 0 Å². The van der Waals surface area contributed by atoms with Crippen molar-refractivity contribution >= 4 is 45.8 Å². The fourth-order valence-corrected chi connectivity index (χ4v) is 4.01. The second kappa shape index (κ2) is 7.31. The van der Waals surface area contributed by atoms with Crippen LogP contribution in [-0.2, 0) is 17.0 Å². The van der Waals surface area contributed by atoms with Crippen LogP contribution >= 0.6 is 34.7 Å². The van der Waals surface area contributed by atoms with Crippen molar-refractivity contribution in [2.24, 2.45) is 4.99 Å². The van der Waals surface area contributed by atoms with Crippen LogP contribution in [0.4, 0.5) is 0 Å². The summed E-state index contributed by atoms with van der Waals surface area (Å²) >= 11 is 9.11. The number of benzene rings is 1. The Bertz CT molecular complexity index is 668. The van der Waals surface area contributed by atoms with Crippen molar-refractivity contribution in [3.63, 3.8) is 0 Å². The number of carbonyl (C=O) groups is 1. The topological polar surface area (TPSA) is 32.7 Å². The number of thioether (sulfide) groups is 1. The first-order valence-corrected chi connectivity index (χ1v) is 9.21. The zero-order valence-electron chi connectivity index (χ0n) is 11.9. The average molecular weight is 351 g/mol. The smallest absolute Gasteiger partial charge is 0.233 e. The Hall–Kier alpha value is -1.30. The van der Waals surface area contributed by atoms with Gasteiger partial charge in [0.15, 0.2) is 5.17 Å². The third-order valence-corrected chi connectivity index (χ3v) is 5.50. The average Bonchev–Trinajstić information content (AvgIpc) is 3.17. The number of hydrogen-bond acceptors (Lipinski definition) is 4. The number of halogens is 1. The molecule has 22 heavy (non-hydrogen) atoms. The van der Waals surface area contributed by atoms with Crippen molar-refractivity contribution in [3.05, 3.63) is 57.2 Å². The molecule has 1 aliphatic heterocycles. The van der Waals surface area contributed by atoms with Crippen LogP contribution in [0.5, 0.6) is 0 Å². The molecule has 0 radical (unpaired) electrons. The van der Waals surface area contributed by atoms with Gasteiger partial charge in [-0.05, 0) is 29.1 Å². The Balaban J connectivity index is 1.58. The van der Waals surface area contributed by atoms with E-state index in [2.05, 4.69) is 4.99 Å². The molecule has 114 valence electrons. The second-order valence-corrected chi connectivity index (χ2v) is 7.29. The molecule has 0 spiro atoms. The fourth-order valence-electron chi connectivity index (χ4n) is 2.17. The Labute approximate surface area is 143 Å². The Morgan fingerprint density at radius 3 is 2.86 bits per heavy atom. The number of rotatable bonds is 4. The SMILES string of the molecule is O=C(Cc1cccs1)N1CCN=C1SCc1ccc(Cl)cc1. The molecule has 0 N–H and O–H groups in total. The highest BCUT2D eigenvalue weighted by atomic mass is 35.5. The molecule has 2 heterocycles. The number of hydrogen-bond donors (Lipinski definition) is 0. The van der Waals surface area contributed by atoms with Gasteiger partial charge in [0, 0.05) is 22.2 Å². The molecule has 2 aromatic rings. The molecule has 0 saturated heterocycles. The van der Waals surface area contributed by atoms with Crippen LogP contribution in [0.1, 0.15) is 10.4 Å². The van der Waals surface area contributed by atoms with Gasteiger partial charge in [-0.25, -0.2) is 0 Å². The molecule has 1 aromatic carbocycles. The van der Waals surface area contributed by atoms with Gasteiger partial charge >= 0.3 is 0 Å². The van der Waals surface area contributed by atoms with E-state index in [9.17, 15) is 4.79 Å². The van der Waals surface area contributed by atoms with E-state index < -0.39 is 0 Å². The van der Waals surface area contributed by atoms with Crippen LogP contribution in [0, 0.1) is 0 Å². The zero-order chi connectivity index (χ0) is 15.4. The molecular weight excluding hydrogens is 336 g/mol. The van der Waals surface area contributed by atoms with Gasteiger partial charge in [-0.15, -0.1) is 11.3 Å². The molecule has 0 saturated carbocycles. The van der Waals surface area contributed by atoms with Crippen molar-refractivity contribution in [1.82, 2.24) is 4.90 Å². The number of amides is 1. The Morgan fingerprint density at radius 1 is 1.32 bits per heavy atom. The van der Waals surface area contributed by atoms with Crippen molar-refractivity contribution in [2.75, 3.05) is 13.1 Å². The van der Waals surface area contributed by atoms with E-state index in [1.54, 1.807) is 28.0 Å². The van der Waals surface area contributed by atoms with E-state index in [0.717, 1.165) is 20.8 Å². The van der Waals surface area contributed by atoms with Gasteiger partial charge < -0.3 is 0 Å². The highest BCUT2D eigenvalue weighted by Crippen LogP contribution is 2.22. The summed E-state index contributed by atoms with van der Waals surface area (Å²) < 4.78 is 0. The highest BCUT2D eigenvalue weighted by Gasteiger charge is 2.24. The van der Waals surface area contributed by atoms with E-state index >= 15 is 0 Å². The monoisotopic (exact) mass is 350 g/mol. The first-order chi connectivity index (χ1) is 10.7. The molecule has 6 heteroatoms. The summed E-state index contributed by atoms with van der Waals surface area (Å²) in [6, 6.07) is 11.7. The van der Waals surface area contributed by atoms with E-state index in [0.29, 0.717) is 19.5 Å². The molecule has 1 aromatic heterocycles. The first-order valence-electron chi connectivity index (χ1n) is 6.97. The minimum atomic E-state index is 0.127. The van der Waals surface area contributed by atoms with Crippen LogP contribution < -0.4 is 0 Å². The van der Waals surface area contributed by atoms with Gasteiger partial charge in [-0.2, -0.15) is 0 Å². The quantitative estimate of drug-likeness (QED) is 0.832. The summed E-state index contributed by atoms with van der Waals surface area (Å²) in [5.41, 5.74) is 1.18. The van der Waals surface area contributed by atoms with Crippen LogP contribution in [0.2, 0.25) is 5.02 Å². The minimum Gasteiger partial charge on any atom is -0.289 e. The Morgan fingerprint density at radius 2 is 2.14 bits per heavy atom. The summed E-state index contributed by atoms with van der Waals surface area (Å²) in [7, 11) is 0. The molecule has 0 atom stereocenters. The van der Waals surface area contributed by atoms with Gasteiger partial charge in [0.05, 0.1) is 13.0 Å². The van der Waals surface area contributed by atoms with E-state index in [1.165, 1.54) is 5.56 Å². The number of carbonyl (C=O) groups excluding carboxylic acids is 1. The summed E-state index contributed by atoms with van der Waals surface area (Å²) in [6.07, 6.45) is 0.457. The third-order valence-electron chi connectivity index (χ3n) is 3.29. The molecule has 3 rings (SSSR count). The summed E-state index contributed by atoms with van der Waals surface area (Å²) in [5.74, 6) is 0.918. The van der Waals surface area contributed by atoms with Gasteiger partial charge in [-0.1, -0.05) is 41.6 Å². The van der Waals surface area contributed by atoms with Crippen molar-refractivity contribution in [3.8, 4) is 0 Å². The third kappa shape index (κ3) is 3.91. The van der Waals surface area contributed by atoms with Crippen molar-refractivity contribution in [2.45, 2.75) is 12.2 Å². The zero-order valence-corrected chi connectivity index (χ0v) is 14.3. The maximum absolute atomic E-state index is 12.4. The second-order valence-electron chi connectivity index (χ2n) is 4.88. The van der Waals surface area contributed by atoms with Crippen molar-refractivity contribution in [1.29, 1.82) is 0 Å². The highest BCUT2D eigenvalue weighted by molar-refractivity contribution is 8.13. The summed E-state index contributed by atoms with van der Waals surface area (Å²) in [5, 5.41) is 3.56. The fraction of sp³-hybridized carbons (Fsp3) is 0.250. The number of thiophene rings is 1. The van der Waals surface area contributed by atoms with Crippen LogP contribution in [0.25, 0.3) is 0 Å². The summed E-state index contributed by atoms with van der Waals surface area (Å²) in [6.45, 7) is 1.38. The maximum Gasteiger partial charge on any atom is 0.233 e. The molecule has 0 unspecified atom stereocenters. The van der Waals surface area contributed by atoms with Crippen LogP contribution in [-0.4, -0.2) is 29.1 Å². The predicted octanol–water partition coefficient (Wildman–Crippen LogP) is 4.08. The molecule has 0 fully saturated rings. The minimum absolute atomic E-state index is 0.127. The summed E-state index contributed by atoms with van der Waals surface area (Å²) in [4.78, 5) is 19.8. The van der Waals surface area contributed by atoms with Gasteiger partial charge in [0.1, 0.15) is 0 Å². The van der Waals surface area contributed by atoms with Crippen LogP contribution in [0.15, 0.2) is 46.8 Å². The number of aliphatic imine (C=N–C) groups is 1. The molecule has 1 amide bonds. The first kappa shape index (κ1) is 15.6. The van der Waals surface area contributed by atoms with Crippen molar-refractivity contribution < 1.29 is 4.79 Å². The Kier molecular flexibility index (Phi) is 5.18. The molecule has 1 aliphatic rings. The lowest BCUT2D eigenvalue weighted by atomic mass is 10.2. The lowest BCUT2D eigenvalue weighted by Gasteiger charge is -2.17. The van der Waals surface area contributed by atoms with E-state index in [-0.39, 0.29) is 5.91 Å². The van der Waals surface area contributed by atoms with E-state index in [1.807, 2.05) is 41.8 Å². The molecular formula is C16H15ClN2OS2. The maximum atomic E-state index is 12.4. The molecule has 0 bridgehead atoms. The normalized spacial score (nSPS) is 14.2. The predicted molar refractivity (Wildman–Crippen MR) is 94.8 cm³/mol. The number of nitrogens with zero attached hydrogens (tertiary/aromatic N) is 2. The van der Waals surface area contributed by atoms with E-state index in [4.69, 9.17) is 11.6 Å². The molecule has 3 nitrogen and oxygen atoms in total.